The highest BCUT2D eigenvalue weighted by atomic mass is 35.5. The van der Waals surface area contributed by atoms with Gasteiger partial charge in [0.05, 0.1) is 18.8 Å². The van der Waals surface area contributed by atoms with Crippen LogP contribution in [0, 0.1) is 0 Å². The molecule has 23 heavy (non-hydrogen) atoms. The number of hydrogen-bond acceptors (Lipinski definition) is 5. The van der Waals surface area contributed by atoms with Crippen LogP contribution in [0.3, 0.4) is 0 Å². The number of benzene rings is 1. The van der Waals surface area contributed by atoms with Gasteiger partial charge in [0.25, 0.3) is 5.91 Å². The first-order chi connectivity index (χ1) is 11.2. The summed E-state index contributed by atoms with van der Waals surface area (Å²) >= 11 is 6.07. The molecule has 1 aliphatic heterocycles. The van der Waals surface area contributed by atoms with Gasteiger partial charge in [-0.2, -0.15) is 0 Å². The van der Waals surface area contributed by atoms with Gasteiger partial charge in [0.1, 0.15) is 0 Å². The standard InChI is InChI=1S/C16H17ClN4O2/c17-14-4-2-1-3-12(14)9-18-15(22)13-10-19-16(20-11-13)21-5-7-23-8-6-21/h1-4,10-11H,5-9H2,(H,18,22). The lowest BCUT2D eigenvalue weighted by molar-refractivity contribution is 0.0950. The van der Waals surface area contributed by atoms with Crippen LogP contribution in [0.2, 0.25) is 5.02 Å². The molecule has 1 aromatic heterocycles. The number of amides is 1. The van der Waals surface area contributed by atoms with Gasteiger partial charge in [0.2, 0.25) is 5.95 Å². The molecule has 120 valence electrons. The lowest BCUT2D eigenvalue weighted by atomic mass is 10.2. The van der Waals surface area contributed by atoms with E-state index in [0.717, 1.165) is 18.7 Å². The van der Waals surface area contributed by atoms with Gasteiger partial charge in [-0.15, -0.1) is 0 Å². The molecule has 0 saturated carbocycles. The quantitative estimate of drug-likeness (QED) is 0.926. The Hall–Kier alpha value is -2.18. The van der Waals surface area contributed by atoms with E-state index in [4.69, 9.17) is 16.3 Å². The SMILES string of the molecule is O=C(NCc1ccccc1Cl)c1cnc(N2CCOCC2)nc1. The smallest absolute Gasteiger partial charge is 0.254 e. The Labute approximate surface area is 139 Å². The zero-order valence-electron chi connectivity index (χ0n) is 12.5. The Balaban J connectivity index is 1.60. The molecular formula is C16H17ClN4O2. The predicted molar refractivity (Wildman–Crippen MR) is 87.7 cm³/mol. The fourth-order valence-corrected chi connectivity index (χ4v) is 2.49. The van der Waals surface area contributed by atoms with Gasteiger partial charge in [-0.05, 0) is 11.6 Å². The highest BCUT2D eigenvalue weighted by Gasteiger charge is 2.14. The number of nitrogens with one attached hydrogen (secondary N) is 1. The molecule has 6 nitrogen and oxygen atoms in total. The van der Waals surface area contributed by atoms with Crippen molar-refractivity contribution in [2.75, 3.05) is 31.2 Å². The number of carbonyl (C=O) groups is 1. The van der Waals surface area contributed by atoms with Crippen molar-refractivity contribution in [3.05, 3.63) is 52.8 Å². The Morgan fingerprint density at radius 1 is 1.22 bits per heavy atom. The average Bonchev–Trinajstić information content (AvgIpc) is 2.62. The zero-order chi connectivity index (χ0) is 16.1. The summed E-state index contributed by atoms with van der Waals surface area (Å²) in [5.74, 6) is 0.398. The summed E-state index contributed by atoms with van der Waals surface area (Å²) in [4.78, 5) is 22.7. The Kier molecular flexibility index (Phi) is 5.05. The third-order valence-electron chi connectivity index (χ3n) is 3.59. The number of halogens is 1. The van der Waals surface area contributed by atoms with Gasteiger partial charge in [0, 0.05) is 37.1 Å². The van der Waals surface area contributed by atoms with Crippen LogP contribution in [-0.2, 0) is 11.3 Å². The molecule has 1 saturated heterocycles. The normalized spacial score (nSPS) is 14.6. The number of anilines is 1. The van der Waals surface area contributed by atoms with Crippen LogP contribution < -0.4 is 10.2 Å². The first-order valence-electron chi connectivity index (χ1n) is 7.40. The first kappa shape index (κ1) is 15.7. The molecule has 3 rings (SSSR count). The molecule has 1 N–H and O–H groups in total. The third kappa shape index (κ3) is 3.97. The Morgan fingerprint density at radius 3 is 2.61 bits per heavy atom. The number of morpholine rings is 1. The third-order valence-corrected chi connectivity index (χ3v) is 3.96. The van der Waals surface area contributed by atoms with Crippen molar-refractivity contribution in [3.8, 4) is 0 Å². The molecule has 7 heteroatoms. The highest BCUT2D eigenvalue weighted by Crippen LogP contribution is 2.14. The van der Waals surface area contributed by atoms with Gasteiger partial charge in [0.15, 0.2) is 0 Å². The molecule has 1 amide bonds. The van der Waals surface area contributed by atoms with Gasteiger partial charge in [-0.25, -0.2) is 9.97 Å². The van der Waals surface area contributed by atoms with Crippen LogP contribution in [-0.4, -0.2) is 42.2 Å². The molecule has 0 spiro atoms. The summed E-state index contributed by atoms with van der Waals surface area (Å²) in [7, 11) is 0. The molecular weight excluding hydrogens is 316 g/mol. The van der Waals surface area contributed by atoms with Crippen molar-refractivity contribution in [1.82, 2.24) is 15.3 Å². The molecule has 0 aliphatic carbocycles. The molecule has 2 aromatic rings. The van der Waals surface area contributed by atoms with Crippen molar-refractivity contribution in [2.45, 2.75) is 6.54 Å². The van der Waals surface area contributed by atoms with Gasteiger partial charge < -0.3 is 15.0 Å². The van der Waals surface area contributed by atoms with Crippen molar-refractivity contribution >= 4 is 23.5 Å². The largest absolute Gasteiger partial charge is 0.378 e. The minimum atomic E-state index is -0.224. The van der Waals surface area contributed by atoms with Crippen LogP contribution in [0.25, 0.3) is 0 Å². The van der Waals surface area contributed by atoms with Gasteiger partial charge in [-0.1, -0.05) is 29.8 Å². The summed E-state index contributed by atoms with van der Waals surface area (Å²) in [6.07, 6.45) is 3.08. The molecule has 0 atom stereocenters. The molecule has 1 aliphatic rings. The van der Waals surface area contributed by atoms with Gasteiger partial charge in [-0.3, -0.25) is 4.79 Å². The van der Waals surface area contributed by atoms with Crippen LogP contribution in [0.5, 0.6) is 0 Å². The molecule has 0 unspecified atom stereocenters. The molecule has 0 radical (unpaired) electrons. The lowest BCUT2D eigenvalue weighted by Crippen LogP contribution is -2.37. The van der Waals surface area contributed by atoms with E-state index in [0.29, 0.717) is 36.3 Å². The predicted octanol–water partition coefficient (Wildman–Crippen LogP) is 1.90. The number of hydrogen-bond donors (Lipinski definition) is 1. The second kappa shape index (κ2) is 7.39. The van der Waals surface area contributed by atoms with E-state index in [1.54, 1.807) is 18.5 Å². The van der Waals surface area contributed by atoms with E-state index < -0.39 is 0 Å². The summed E-state index contributed by atoms with van der Waals surface area (Å²) in [5, 5.41) is 3.45. The topological polar surface area (TPSA) is 67.4 Å². The number of ether oxygens (including phenoxy) is 1. The first-order valence-corrected chi connectivity index (χ1v) is 7.78. The molecule has 0 bridgehead atoms. The summed E-state index contributed by atoms with van der Waals surface area (Å²) in [5.41, 5.74) is 1.29. The minimum Gasteiger partial charge on any atom is -0.378 e. The van der Waals surface area contributed by atoms with Crippen molar-refractivity contribution in [2.24, 2.45) is 0 Å². The van der Waals surface area contributed by atoms with E-state index in [-0.39, 0.29) is 5.91 Å². The number of nitrogens with zero attached hydrogens (tertiary/aromatic N) is 3. The second-order valence-electron chi connectivity index (χ2n) is 5.15. The van der Waals surface area contributed by atoms with E-state index >= 15 is 0 Å². The summed E-state index contributed by atoms with van der Waals surface area (Å²) in [6.45, 7) is 3.23. The van der Waals surface area contributed by atoms with Crippen molar-refractivity contribution in [3.63, 3.8) is 0 Å². The maximum Gasteiger partial charge on any atom is 0.254 e. The highest BCUT2D eigenvalue weighted by molar-refractivity contribution is 6.31. The summed E-state index contributed by atoms with van der Waals surface area (Å²) < 4.78 is 5.29. The second-order valence-corrected chi connectivity index (χ2v) is 5.55. The van der Waals surface area contributed by atoms with Crippen molar-refractivity contribution in [1.29, 1.82) is 0 Å². The number of aromatic nitrogens is 2. The van der Waals surface area contributed by atoms with Gasteiger partial charge >= 0.3 is 0 Å². The maximum absolute atomic E-state index is 12.1. The molecule has 1 aromatic carbocycles. The molecule has 1 fully saturated rings. The van der Waals surface area contributed by atoms with E-state index in [1.165, 1.54) is 0 Å². The Bertz CT molecular complexity index is 672. The summed E-state index contributed by atoms with van der Waals surface area (Å²) in [6, 6.07) is 7.41. The average molecular weight is 333 g/mol. The van der Waals surface area contributed by atoms with E-state index in [2.05, 4.69) is 15.3 Å². The van der Waals surface area contributed by atoms with Crippen molar-refractivity contribution < 1.29 is 9.53 Å². The van der Waals surface area contributed by atoms with Crippen LogP contribution in [0.1, 0.15) is 15.9 Å². The van der Waals surface area contributed by atoms with E-state index in [9.17, 15) is 4.79 Å². The molecule has 2 heterocycles. The minimum absolute atomic E-state index is 0.224. The number of rotatable bonds is 4. The lowest BCUT2D eigenvalue weighted by Gasteiger charge is -2.26. The fourth-order valence-electron chi connectivity index (χ4n) is 2.28. The maximum atomic E-state index is 12.1. The zero-order valence-corrected chi connectivity index (χ0v) is 13.3. The fraction of sp³-hybridized carbons (Fsp3) is 0.312. The van der Waals surface area contributed by atoms with Crippen LogP contribution in [0.4, 0.5) is 5.95 Å². The Morgan fingerprint density at radius 2 is 1.91 bits per heavy atom. The van der Waals surface area contributed by atoms with Crippen LogP contribution >= 0.6 is 11.6 Å². The van der Waals surface area contributed by atoms with Crippen LogP contribution in [0.15, 0.2) is 36.7 Å². The number of carbonyl (C=O) groups excluding carboxylic acids is 1. The monoisotopic (exact) mass is 332 g/mol. The van der Waals surface area contributed by atoms with E-state index in [1.807, 2.05) is 23.1 Å².